The molecule has 4 unspecified atom stereocenters. The van der Waals surface area contributed by atoms with Crippen molar-refractivity contribution >= 4 is 20.2 Å². The van der Waals surface area contributed by atoms with Crippen molar-refractivity contribution in [2.24, 2.45) is 17.8 Å². The van der Waals surface area contributed by atoms with E-state index in [0.717, 1.165) is 34.8 Å². The number of ether oxygens (including phenoxy) is 1. The van der Waals surface area contributed by atoms with Crippen molar-refractivity contribution in [3.05, 3.63) is 0 Å². The first kappa shape index (κ1) is 11.4. The van der Waals surface area contributed by atoms with Crippen molar-refractivity contribution in [3.63, 3.8) is 0 Å². The van der Waals surface area contributed by atoms with Crippen LogP contribution >= 0.6 is 0 Å². The van der Waals surface area contributed by atoms with Crippen LogP contribution in [0.4, 0.5) is 0 Å². The topological polar surface area (TPSA) is 18.5 Å². The summed E-state index contributed by atoms with van der Waals surface area (Å²) >= 11 is 0. The summed E-state index contributed by atoms with van der Waals surface area (Å²) in [4.78, 5) is 0. The smallest absolute Gasteiger partial charge is 0.179 e. The largest absolute Gasteiger partial charge is 0.466 e. The maximum atomic E-state index is 6.30. The molecule has 4 atom stereocenters. The number of fused-ring (bicyclic) bond motifs is 2. The lowest BCUT2D eigenvalue weighted by atomic mass is 9.81. The zero-order valence-corrected chi connectivity index (χ0v) is 13.8. The molecule has 4 heteroatoms. The molecule has 2 nitrogen and oxygen atoms in total. The Morgan fingerprint density at radius 3 is 2.75 bits per heavy atom. The molecule has 3 aliphatic rings. The zero-order chi connectivity index (χ0) is 11.0. The molecular formula is C12H24O2Si2. The van der Waals surface area contributed by atoms with Gasteiger partial charge in [-0.1, -0.05) is 6.42 Å². The Morgan fingerprint density at radius 1 is 1.25 bits per heavy atom. The Morgan fingerprint density at radius 2 is 2.19 bits per heavy atom. The monoisotopic (exact) mass is 256 g/mol. The van der Waals surface area contributed by atoms with Gasteiger partial charge in [-0.2, -0.15) is 0 Å². The standard InChI is InChI=1S/C12H24O2Si2/c15-14-16-12(5-1-2-6-13-12)11-8-9-3-4-10(11)7-9/h9-11H,1-8,16H2,15H3. The van der Waals surface area contributed by atoms with Crippen LogP contribution in [0, 0.1) is 17.8 Å². The Bertz CT molecular complexity index is 248. The molecule has 1 aliphatic heterocycles. The van der Waals surface area contributed by atoms with Gasteiger partial charge in [0.2, 0.25) is 0 Å². The first-order valence-electron chi connectivity index (χ1n) is 6.97. The Balaban J connectivity index is 1.77. The molecule has 16 heavy (non-hydrogen) atoms. The fraction of sp³-hybridized carbons (Fsp3) is 1.00. The van der Waals surface area contributed by atoms with Crippen LogP contribution in [0.25, 0.3) is 0 Å². The van der Waals surface area contributed by atoms with Crippen LogP contribution < -0.4 is 0 Å². The van der Waals surface area contributed by atoms with Gasteiger partial charge in [0, 0.05) is 6.61 Å². The Hall–Kier alpha value is 0.354. The third-order valence-electron chi connectivity index (χ3n) is 5.19. The van der Waals surface area contributed by atoms with E-state index in [0.29, 0.717) is 0 Å². The highest BCUT2D eigenvalue weighted by molar-refractivity contribution is 6.38. The molecule has 2 saturated carbocycles. The highest BCUT2D eigenvalue weighted by Gasteiger charge is 2.51. The zero-order valence-electron chi connectivity index (χ0n) is 10.4. The number of rotatable bonds is 3. The van der Waals surface area contributed by atoms with E-state index < -0.39 is 9.76 Å². The molecule has 0 aromatic carbocycles. The summed E-state index contributed by atoms with van der Waals surface area (Å²) in [5, 5.41) is 0.264. The van der Waals surface area contributed by atoms with E-state index in [1.165, 1.54) is 44.9 Å². The van der Waals surface area contributed by atoms with E-state index in [1.807, 2.05) is 0 Å². The lowest BCUT2D eigenvalue weighted by molar-refractivity contribution is -0.0772. The van der Waals surface area contributed by atoms with E-state index in [2.05, 4.69) is 0 Å². The molecule has 92 valence electrons. The van der Waals surface area contributed by atoms with E-state index in [1.54, 1.807) is 0 Å². The maximum absolute atomic E-state index is 6.30. The molecule has 1 heterocycles. The summed E-state index contributed by atoms with van der Waals surface area (Å²) in [6.45, 7) is 1.01. The maximum Gasteiger partial charge on any atom is 0.179 e. The van der Waals surface area contributed by atoms with Crippen LogP contribution in [0.3, 0.4) is 0 Å². The highest BCUT2D eigenvalue weighted by atomic mass is 28.3. The van der Waals surface area contributed by atoms with Gasteiger partial charge in [0.25, 0.3) is 0 Å². The summed E-state index contributed by atoms with van der Waals surface area (Å²) in [5.41, 5.74) is 0. The van der Waals surface area contributed by atoms with Gasteiger partial charge >= 0.3 is 0 Å². The van der Waals surface area contributed by atoms with Crippen molar-refractivity contribution in [3.8, 4) is 0 Å². The van der Waals surface area contributed by atoms with Crippen LogP contribution in [-0.2, 0) is 8.85 Å². The summed E-state index contributed by atoms with van der Waals surface area (Å²) in [5.74, 6) is 2.92. The third-order valence-corrected chi connectivity index (χ3v) is 7.91. The average Bonchev–Trinajstić information content (AvgIpc) is 2.92. The second kappa shape index (κ2) is 4.55. The predicted octanol–water partition coefficient (Wildman–Crippen LogP) is 0.700. The lowest BCUT2D eigenvalue weighted by Crippen LogP contribution is -2.51. The average molecular weight is 256 g/mol. The fourth-order valence-corrected chi connectivity index (χ4v) is 7.81. The van der Waals surface area contributed by atoms with E-state index in [-0.39, 0.29) is 5.22 Å². The molecule has 0 aromatic rings. The summed E-state index contributed by atoms with van der Waals surface area (Å²) in [7, 11) is 0.473. The second-order valence-electron chi connectivity index (χ2n) is 6.08. The number of hydrogen-bond acceptors (Lipinski definition) is 2. The Kier molecular flexibility index (Phi) is 3.26. The van der Waals surface area contributed by atoms with E-state index in [4.69, 9.17) is 8.85 Å². The molecular weight excluding hydrogens is 232 g/mol. The highest BCUT2D eigenvalue weighted by Crippen LogP contribution is 2.54. The molecule has 0 aromatic heterocycles. The fourth-order valence-electron chi connectivity index (χ4n) is 4.52. The first-order valence-corrected chi connectivity index (χ1v) is 9.07. The van der Waals surface area contributed by atoms with Gasteiger partial charge in [-0.3, -0.25) is 0 Å². The minimum atomic E-state index is -0.441. The molecule has 0 N–H and O–H groups in total. The van der Waals surface area contributed by atoms with Gasteiger partial charge in [0.15, 0.2) is 9.76 Å². The van der Waals surface area contributed by atoms with Gasteiger partial charge in [-0.25, -0.2) is 0 Å². The van der Waals surface area contributed by atoms with Crippen LogP contribution in [-0.4, -0.2) is 32.1 Å². The quantitative estimate of drug-likeness (QED) is 0.692. The summed E-state index contributed by atoms with van der Waals surface area (Å²) < 4.78 is 12.1. The van der Waals surface area contributed by atoms with Gasteiger partial charge in [-0.05, 0) is 56.3 Å². The predicted molar refractivity (Wildman–Crippen MR) is 71.0 cm³/mol. The van der Waals surface area contributed by atoms with Gasteiger partial charge in [0.1, 0.15) is 10.5 Å². The van der Waals surface area contributed by atoms with Crippen molar-refractivity contribution < 1.29 is 8.85 Å². The second-order valence-corrected chi connectivity index (χ2v) is 9.88. The summed E-state index contributed by atoms with van der Waals surface area (Å²) in [6, 6.07) is 0. The SMILES string of the molecule is [SiH3]O[SiH2]C1(C2CC3CCC2C3)CCCCO1. The molecule has 2 bridgehead atoms. The van der Waals surface area contributed by atoms with E-state index >= 15 is 0 Å². The van der Waals surface area contributed by atoms with E-state index in [9.17, 15) is 0 Å². The molecule has 1 saturated heterocycles. The Labute approximate surface area is 104 Å². The van der Waals surface area contributed by atoms with Crippen molar-refractivity contribution in [2.75, 3.05) is 6.61 Å². The van der Waals surface area contributed by atoms with Crippen LogP contribution in [0.15, 0.2) is 0 Å². The molecule has 3 rings (SSSR count). The third kappa shape index (κ3) is 1.83. The molecule has 0 amide bonds. The molecule has 0 radical (unpaired) electrons. The molecule has 2 aliphatic carbocycles. The van der Waals surface area contributed by atoms with Crippen molar-refractivity contribution in [2.45, 2.75) is 50.2 Å². The van der Waals surface area contributed by atoms with Gasteiger partial charge in [0.05, 0.1) is 5.22 Å². The lowest BCUT2D eigenvalue weighted by Gasteiger charge is -2.44. The minimum absolute atomic E-state index is 0.264. The van der Waals surface area contributed by atoms with Crippen LogP contribution in [0.2, 0.25) is 0 Å². The molecule has 0 spiro atoms. The first-order chi connectivity index (χ1) is 7.84. The summed E-state index contributed by atoms with van der Waals surface area (Å²) in [6.07, 6.45) is 9.92. The molecule has 3 fully saturated rings. The van der Waals surface area contributed by atoms with Crippen molar-refractivity contribution in [1.82, 2.24) is 0 Å². The van der Waals surface area contributed by atoms with Gasteiger partial charge < -0.3 is 8.85 Å². The minimum Gasteiger partial charge on any atom is -0.466 e. The van der Waals surface area contributed by atoms with Crippen molar-refractivity contribution in [1.29, 1.82) is 0 Å². The van der Waals surface area contributed by atoms with Crippen LogP contribution in [0.1, 0.15) is 44.9 Å². The number of hydrogen-bond donors (Lipinski definition) is 0. The van der Waals surface area contributed by atoms with Crippen LogP contribution in [0.5, 0.6) is 0 Å². The van der Waals surface area contributed by atoms with Gasteiger partial charge in [-0.15, -0.1) is 0 Å². The normalized spacial score (nSPS) is 48.4.